The van der Waals surface area contributed by atoms with E-state index in [1.165, 1.54) is 6.07 Å². The van der Waals surface area contributed by atoms with E-state index < -0.39 is 4.92 Å². The van der Waals surface area contributed by atoms with Crippen molar-refractivity contribution >= 4 is 37.5 Å². The number of aryl methyl sites for hydroxylation is 1. The van der Waals surface area contributed by atoms with Gasteiger partial charge in [-0.2, -0.15) is 5.26 Å². The zero-order valence-corrected chi connectivity index (χ0v) is 13.9. The quantitative estimate of drug-likeness (QED) is 0.520. The zero-order valence-electron chi connectivity index (χ0n) is 10.8. The van der Waals surface area contributed by atoms with E-state index in [9.17, 15) is 10.1 Å². The molecule has 0 bridgehead atoms. The molecule has 0 unspecified atom stereocenters. The van der Waals surface area contributed by atoms with Crippen molar-refractivity contribution in [3.8, 4) is 17.6 Å². The third kappa shape index (κ3) is 3.40. The second kappa shape index (κ2) is 6.24. The zero-order chi connectivity index (χ0) is 15.6. The highest BCUT2D eigenvalue weighted by Crippen LogP contribution is 2.39. The molecule has 21 heavy (non-hydrogen) atoms. The van der Waals surface area contributed by atoms with Crippen LogP contribution in [-0.2, 0) is 0 Å². The number of hydrogen-bond donors (Lipinski definition) is 0. The lowest BCUT2D eigenvalue weighted by molar-refractivity contribution is -0.385. The first-order chi connectivity index (χ1) is 9.92. The third-order valence-electron chi connectivity index (χ3n) is 2.69. The van der Waals surface area contributed by atoms with Crippen LogP contribution in [0.25, 0.3) is 0 Å². The lowest BCUT2D eigenvalue weighted by Crippen LogP contribution is -1.96. The number of nitro benzene ring substituents is 1. The number of nitriles is 1. The van der Waals surface area contributed by atoms with Gasteiger partial charge in [0.15, 0.2) is 0 Å². The second-order valence-corrected chi connectivity index (χ2v) is 5.96. The summed E-state index contributed by atoms with van der Waals surface area (Å²) >= 11 is 6.52. The average Bonchev–Trinajstić information content (AvgIpc) is 2.42. The molecule has 5 nitrogen and oxygen atoms in total. The van der Waals surface area contributed by atoms with Crippen LogP contribution in [0, 0.1) is 28.4 Å². The van der Waals surface area contributed by atoms with E-state index in [0.717, 1.165) is 0 Å². The standard InChI is InChI=1S/C14H8Br2N2O3/c1-8-4-10(15)6-12(18(19)20)14(8)21-13-3-2-9(7-17)5-11(13)16/h2-6H,1H3. The average molecular weight is 412 g/mol. The molecule has 0 aliphatic rings. The molecule has 2 rings (SSSR count). The topological polar surface area (TPSA) is 76.2 Å². The summed E-state index contributed by atoms with van der Waals surface area (Å²) in [5, 5.41) is 20.0. The van der Waals surface area contributed by atoms with Gasteiger partial charge < -0.3 is 4.74 Å². The molecule has 0 aliphatic carbocycles. The van der Waals surface area contributed by atoms with E-state index in [0.29, 0.717) is 25.8 Å². The number of ether oxygens (including phenoxy) is 1. The van der Waals surface area contributed by atoms with Crippen LogP contribution in [0.5, 0.6) is 11.5 Å². The first kappa shape index (κ1) is 15.5. The van der Waals surface area contributed by atoms with Gasteiger partial charge in [-0.25, -0.2) is 0 Å². The van der Waals surface area contributed by atoms with Crippen molar-refractivity contribution in [1.82, 2.24) is 0 Å². The number of benzene rings is 2. The Hall–Kier alpha value is -1.91. The predicted molar refractivity (Wildman–Crippen MR) is 84.5 cm³/mol. The maximum Gasteiger partial charge on any atom is 0.312 e. The number of hydrogen-bond acceptors (Lipinski definition) is 4. The van der Waals surface area contributed by atoms with Gasteiger partial charge in [0.2, 0.25) is 5.75 Å². The van der Waals surface area contributed by atoms with E-state index in [2.05, 4.69) is 31.9 Å². The molecule has 7 heteroatoms. The maximum absolute atomic E-state index is 11.2. The number of rotatable bonds is 3. The third-order valence-corrected chi connectivity index (χ3v) is 3.77. The van der Waals surface area contributed by atoms with Crippen LogP contribution in [0.2, 0.25) is 0 Å². The van der Waals surface area contributed by atoms with Crippen molar-refractivity contribution < 1.29 is 9.66 Å². The number of nitrogens with zero attached hydrogens (tertiary/aromatic N) is 2. The van der Waals surface area contributed by atoms with Gasteiger partial charge in [-0.15, -0.1) is 0 Å². The molecule has 0 fully saturated rings. The summed E-state index contributed by atoms with van der Waals surface area (Å²) in [6, 6.07) is 9.90. The fraction of sp³-hybridized carbons (Fsp3) is 0.0714. The summed E-state index contributed by atoms with van der Waals surface area (Å²) < 4.78 is 6.83. The Balaban J connectivity index is 2.49. The molecule has 0 atom stereocenters. The molecule has 0 saturated heterocycles. The van der Waals surface area contributed by atoms with E-state index in [4.69, 9.17) is 10.00 Å². The van der Waals surface area contributed by atoms with Crippen molar-refractivity contribution in [3.63, 3.8) is 0 Å². The van der Waals surface area contributed by atoms with Crippen LogP contribution in [0.4, 0.5) is 5.69 Å². The highest BCUT2D eigenvalue weighted by Gasteiger charge is 2.20. The molecule has 0 spiro atoms. The molecule has 0 radical (unpaired) electrons. The van der Waals surface area contributed by atoms with E-state index in [1.54, 1.807) is 31.2 Å². The lowest BCUT2D eigenvalue weighted by atomic mass is 10.2. The molecular formula is C14H8Br2N2O3. The summed E-state index contributed by atoms with van der Waals surface area (Å²) in [6.07, 6.45) is 0. The molecule has 0 saturated carbocycles. The van der Waals surface area contributed by atoms with Crippen LogP contribution in [-0.4, -0.2) is 4.92 Å². The van der Waals surface area contributed by atoms with Gasteiger partial charge in [0, 0.05) is 10.5 Å². The van der Waals surface area contributed by atoms with Gasteiger partial charge in [-0.3, -0.25) is 10.1 Å². The van der Waals surface area contributed by atoms with E-state index in [1.807, 2.05) is 6.07 Å². The Morgan fingerprint density at radius 3 is 2.57 bits per heavy atom. The van der Waals surface area contributed by atoms with Crippen molar-refractivity contribution in [2.24, 2.45) is 0 Å². The van der Waals surface area contributed by atoms with Crippen molar-refractivity contribution in [2.45, 2.75) is 6.92 Å². The largest absolute Gasteiger partial charge is 0.449 e. The minimum absolute atomic E-state index is 0.127. The van der Waals surface area contributed by atoms with Crippen molar-refractivity contribution in [2.75, 3.05) is 0 Å². The predicted octanol–water partition coefficient (Wildman–Crippen LogP) is 5.09. The Bertz CT molecular complexity index is 770. The Kier molecular flexibility index (Phi) is 4.60. The van der Waals surface area contributed by atoms with Crippen LogP contribution in [0.1, 0.15) is 11.1 Å². The summed E-state index contributed by atoms with van der Waals surface area (Å²) in [5.74, 6) is 0.580. The molecule has 0 N–H and O–H groups in total. The summed E-state index contributed by atoms with van der Waals surface area (Å²) in [4.78, 5) is 10.7. The highest BCUT2D eigenvalue weighted by molar-refractivity contribution is 9.10. The number of nitro groups is 1. The normalized spacial score (nSPS) is 10.0. The summed E-state index contributed by atoms with van der Waals surface area (Å²) in [6.45, 7) is 1.73. The van der Waals surface area contributed by atoms with E-state index in [-0.39, 0.29) is 11.4 Å². The minimum Gasteiger partial charge on any atom is -0.449 e. The second-order valence-electron chi connectivity index (χ2n) is 4.19. The van der Waals surface area contributed by atoms with Gasteiger partial charge in [0.05, 0.1) is 21.0 Å². The Morgan fingerprint density at radius 1 is 1.29 bits per heavy atom. The van der Waals surface area contributed by atoms with Crippen LogP contribution < -0.4 is 4.74 Å². The molecule has 2 aromatic rings. The monoisotopic (exact) mass is 410 g/mol. The number of halogens is 2. The molecular weight excluding hydrogens is 404 g/mol. The molecule has 0 aromatic heterocycles. The Labute approximate surface area is 137 Å². The smallest absolute Gasteiger partial charge is 0.312 e. The molecule has 2 aromatic carbocycles. The lowest BCUT2D eigenvalue weighted by Gasteiger charge is -2.11. The van der Waals surface area contributed by atoms with Gasteiger partial charge in [0.25, 0.3) is 0 Å². The molecule has 106 valence electrons. The maximum atomic E-state index is 11.2. The first-order valence-electron chi connectivity index (χ1n) is 5.74. The summed E-state index contributed by atoms with van der Waals surface area (Å²) in [5.41, 5.74) is 0.974. The van der Waals surface area contributed by atoms with Crippen molar-refractivity contribution in [3.05, 3.63) is 60.5 Å². The van der Waals surface area contributed by atoms with Crippen molar-refractivity contribution in [1.29, 1.82) is 5.26 Å². The SMILES string of the molecule is Cc1cc(Br)cc([N+](=O)[O-])c1Oc1ccc(C#N)cc1Br. The van der Waals surface area contributed by atoms with Crippen LogP contribution >= 0.6 is 31.9 Å². The van der Waals surface area contributed by atoms with Gasteiger partial charge in [0.1, 0.15) is 5.75 Å². The van der Waals surface area contributed by atoms with Gasteiger partial charge in [-0.1, -0.05) is 15.9 Å². The summed E-state index contributed by atoms with van der Waals surface area (Å²) in [7, 11) is 0. The van der Waals surface area contributed by atoms with Crippen LogP contribution in [0.3, 0.4) is 0 Å². The first-order valence-corrected chi connectivity index (χ1v) is 7.33. The molecule has 0 aliphatic heterocycles. The fourth-order valence-corrected chi connectivity index (χ4v) is 2.76. The highest BCUT2D eigenvalue weighted by atomic mass is 79.9. The molecule has 0 amide bonds. The van der Waals surface area contributed by atoms with Crippen LogP contribution in [0.15, 0.2) is 39.3 Å². The fourth-order valence-electron chi connectivity index (χ4n) is 1.74. The van der Waals surface area contributed by atoms with Gasteiger partial charge >= 0.3 is 5.69 Å². The minimum atomic E-state index is -0.495. The van der Waals surface area contributed by atoms with Gasteiger partial charge in [-0.05, 0) is 52.7 Å². The molecule has 0 heterocycles. The van der Waals surface area contributed by atoms with E-state index >= 15 is 0 Å². The Morgan fingerprint density at radius 2 is 2.00 bits per heavy atom.